The Balaban J connectivity index is 1.70. The Hall–Kier alpha value is -4.50. The fourth-order valence-electron chi connectivity index (χ4n) is 2.63. The summed E-state index contributed by atoms with van der Waals surface area (Å²) in [4.78, 5) is 15.7. The van der Waals surface area contributed by atoms with Crippen molar-refractivity contribution in [2.45, 2.75) is 6.17 Å². The van der Waals surface area contributed by atoms with Crippen molar-refractivity contribution in [1.82, 2.24) is 19.8 Å². The first-order valence-electron chi connectivity index (χ1n) is 8.12. The fourth-order valence-corrected chi connectivity index (χ4v) is 2.63. The van der Waals surface area contributed by atoms with Gasteiger partial charge >= 0.3 is 6.17 Å². The Labute approximate surface area is 158 Å². The Morgan fingerprint density at radius 1 is 1.21 bits per heavy atom. The van der Waals surface area contributed by atoms with Gasteiger partial charge < -0.3 is 0 Å². The third kappa shape index (κ3) is 2.93. The van der Waals surface area contributed by atoms with E-state index in [0.29, 0.717) is 33.5 Å². The van der Waals surface area contributed by atoms with Gasteiger partial charge in [0, 0.05) is 5.56 Å². The molecule has 0 N–H and O–H groups in total. The molecule has 28 heavy (non-hydrogen) atoms. The van der Waals surface area contributed by atoms with Crippen molar-refractivity contribution in [2.75, 3.05) is 0 Å². The van der Waals surface area contributed by atoms with Crippen molar-refractivity contribution in [3.8, 4) is 6.07 Å². The Morgan fingerprint density at radius 2 is 2.04 bits per heavy atom. The minimum atomic E-state index is -1.26. The number of nitrogens with zero attached hydrogens (tertiary/aromatic N) is 8. The van der Waals surface area contributed by atoms with Gasteiger partial charge in [0.2, 0.25) is 0 Å². The highest BCUT2D eigenvalue weighted by atomic mass is 16.1. The first-order valence-corrected chi connectivity index (χ1v) is 8.12. The second kappa shape index (κ2) is 7.02. The van der Waals surface area contributed by atoms with E-state index in [0.717, 1.165) is 0 Å². The number of carbonyl (C=O) groups is 1. The van der Waals surface area contributed by atoms with Crippen LogP contribution in [-0.2, 0) is 0 Å². The fraction of sp³-hybridized carbons (Fsp3) is 0.0526. The molecule has 0 saturated carbocycles. The van der Waals surface area contributed by atoms with Crippen molar-refractivity contribution in [1.29, 1.82) is 5.26 Å². The molecule has 0 aliphatic rings. The maximum Gasteiger partial charge on any atom is 0.395 e. The van der Waals surface area contributed by atoms with Gasteiger partial charge in [-0.25, -0.2) is 11.1 Å². The quantitative estimate of drug-likeness (QED) is 0.312. The van der Waals surface area contributed by atoms with Gasteiger partial charge in [0.1, 0.15) is 17.1 Å². The normalized spacial score (nSPS) is 12.1. The molecule has 0 spiro atoms. The lowest BCUT2D eigenvalue weighted by molar-refractivity contribution is 0.0976. The van der Waals surface area contributed by atoms with Crippen molar-refractivity contribution in [3.63, 3.8) is 0 Å². The number of benzene rings is 2. The van der Waals surface area contributed by atoms with E-state index in [1.54, 1.807) is 48.5 Å². The maximum absolute atomic E-state index is 12.4. The molecule has 9 heteroatoms. The van der Waals surface area contributed by atoms with Crippen LogP contribution in [0.25, 0.3) is 21.5 Å². The molecule has 0 aliphatic carbocycles. The molecule has 4 rings (SSSR count). The number of ketones is 1. The smallest absolute Gasteiger partial charge is 0.283 e. The summed E-state index contributed by atoms with van der Waals surface area (Å²) in [7, 11) is 0. The maximum atomic E-state index is 12.4. The first kappa shape index (κ1) is 16.9. The zero-order chi connectivity index (χ0) is 19.5. The number of carbonyl (C=O) groups excluding carboxylic acids is 1. The zero-order valence-corrected chi connectivity index (χ0v) is 14.3. The molecule has 132 valence electrons. The molecule has 0 fully saturated rings. The summed E-state index contributed by atoms with van der Waals surface area (Å²) in [5.74, 6) is -0.417. The molecule has 2 heterocycles. The van der Waals surface area contributed by atoms with Crippen LogP contribution in [0.4, 0.5) is 5.69 Å². The van der Waals surface area contributed by atoms with Gasteiger partial charge in [-0.1, -0.05) is 35.4 Å². The van der Waals surface area contributed by atoms with Crippen LogP contribution in [0, 0.1) is 17.9 Å². The van der Waals surface area contributed by atoms with Gasteiger partial charge in [0.25, 0.3) is 5.78 Å². The molecule has 0 amide bonds. The molecule has 1 atom stereocenters. The molecule has 2 aromatic carbocycles. The van der Waals surface area contributed by atoms with E-state index in [2.05, 4.69) is 30.4 Å². The second-order valence-electron chi connectivity index (χ2n) is 5.73. The monoisotopic (exact) mass is 366 g/mol. The lowest BCUT2D eigenvalue weighted by Gasteiger charge is -2.01. The third-order valence-corrected chi connectivity index (χ3v) is 4.00. The highest BCUT2D eigenvalue weighted by Gasteiger charge is 2.24. The number of nitriles is 1. The van der Waals surface area contributed by atoms with Crippen LogP contribution in [-0.4, -0.2) is 31.8 Å². The highest BCUT2D eigenvalue weighted by Crippen LogP contribution is 2.22. The van der Waals surface area contributed by atoms with Crippen LogP contribution in [0.15, 0.2) is 65.0 Å². The molecule has 2 aromatic heterocycles. The van der Waals surface area contributed by atoms with E-state index >= 15 is 0 Å². The highest BCUT2D eigenvalue weighted by molar-refractivity contribution is 6.00. The molecule has 4 aromatic rings. The van der Waals surface area contributed by atoms with E-state index in [1.165, 1.54) is 10.7 Å². The number of fused-ring (bicyclic) bond motifs is 3. The average Bonchev–Trinajstić information content (AvgIpc) is 3.18. The standard InChI is InChI=1S/C19H10N8O/c1-21-18(17(28)12-5-3-2-4-6-12)25-23-14-7-8-15-16(9-14)27-19(26-24-15)13(10-20)11-22-27/h2-9,11,18H/b25-23+. The van der Waals surface area contributed by atoms with E-state index in [-0.39, 0.29) is 0 Å². The van der Waals surface area contributed by atoms with Crippen LogP contribution in [0.2, 0.25) is 0 Å². The van der Waals surface area contributed by atoms with Gasteiger partial charge in [0.15, 0.2) is 5.65 Å². The number of azo groups is 1. The van der Waals surface area contributed by atoms with Gasteiger partial charge in [-0.2, -0.15) is 10.4 Å². The number of Topliss-reactive ketones (excluding diaryl/α,β-unsaturated/α-hetero) is 1. The number of rotatable bonds is 4. The van der Waals surface area contributed by atoms with Crippen LogP contribution in [0.1, 0.15) is 15.9 Å². The summed E-state index contributed by atoms with van der Waals surface area (Å²) < 4.78 is 1.49. The summed E-state index contributed by atoms with van der Waals surface area (Å²) in [5, 5.41) is 29.3. The second-order valence-corrected chi connectivity index (χ2v) is 5.73. The van der Waals surface area contributed by atoms with Crippen molar-refractivity contribution in [3.05, 3.63) is 77.3 Å². The molecular weight excluding hydrogens is 356 g/mol. The van der Waals surface area contributed by atoms with Crippen LogP contribution in [0.3, 0.4) is 0 Å². The Bertz CT molecular complexity index is 1310. The lowest BCUT2D eigenvalue weighted by Crippen LogP contribution is -2.13. The summed E-state index contributed by atoms with van der Waals surface area (Å²) in [6, 6.07) is 15.5. The predicted octanol–water partition coefficient (Wildman–Crippen LogP) is 3.36. The molecule has 0 bridgehead atoms. The summed E-state index contributed by atoms with van der Waals surface area (Å²) in [5.41, 5.74) is 2.60. The molecule has 0 radical (unpaired) electrons. The number of aromatic nitrogens is 4. The SMILES string of the molecule is [C-]#[N+]C(/N=N/c1ccc2nnc3c(C#N)cnn3c2c1)C(=O)c1ccccc1. The van der Waals surface area contributed by atoms with Gasteiger partial charge in [-0.3, -0.25) is 9.64 Å². The molecule has 9 nitrogen and oxygen atoms in total. The van der Waals surface area contributed by atoms with Crippen molar-refractivity contribution in [2.24, 2.45) is 10.2 Å². The minimum absolute atomic E-state index is 0.308. The molecular formula is C19H10N8O. The van der Waals surface area contributed by atoms with Crippen molar-refractivity contribution < 1.29 is 4.79 Å². The third-order valence-electron chi connectivity index (χ3n) is 4.00. The minimum Gasteiger partial charge on any atom is -0.283 e. The van der Waals surface area contributed by atoms with E-state index < -0.39 is 11.9 Å². The molecule has 0 aliphatic heterocycles. The number of hydrogen-bond donors (Lipinski definition) is 0. The van der Waals surface area contributed by atoms with Gasteiger partial charge in [-0.15, -0.1) is 15.3 Å². The van der Waals surface area contributed by atoms with E-state index in [9.17, 15) is 4.79 Å². The summed E-state index contributed by atoms with van der Waals surface area (Å²) >= 11 is 0. The van der Waals surface area contributed by atoms with E-state index in [4.69, 9.17) is 11.8 Å². The van der Waals surface area contributed by atoms with Crippen LogP contribution in [0.5, 0.6) is 0 Å². The zero-order valence-electron chi connectivity index (χ0n) is 14.3. The van der Waals surface area contributed by atoms with E-state index in [1.807, 2.05) is 6.07 Å². The summed E-state index contributed by atoms with van der Waals surface area (Å²) in [6.45, 7) is 7.26. The van der Waals surface area contributed by atoms with Crippen LogP contribution >= 0.6 is 0 Å². The molecule has 1 unspecified atom stereocenters. The van der Waals surface area contributed by atoms with Crippen molar-refractivity contribution >= 4 is 28.2 Å². The summed E-state index contributed by atoms with van der Waals surface area (Å²) in [6.07, 6.45) is 0.147. The lowest BCUT2D eigenvalue weighted by atomic mass is 10.1. The Kier molecular flexibility index (Phi) is 4.25. The average molecular weight is 366 g/mol. The Morgan fingerprint density at radius 3 is 2.79 bits per heavy atom. The first-order chi connectivity index (χ1) is 13.7. The van der Waals surface area contributed by atoms with Gasteiger partial charge in [-0.05, 0) is 18.2 Å². The largest absolute Gasteiger partial charge is 0.395 e. The van der Waals surface area contributed by atoms with Gasteiger partial charge in [0.05, 0.1) is 17.4 Å². The topological polar surface area (TPSA) is 113 Å². The van der Waals surface area contributed by atoms with Crippen LogP contribution < -0.4 is 0 Å². The number of hydrogen-bond acceptors (Lipinski definition) is 7. The predicted molar refractivity (Wildman–Crippen MR) is 98.7 cm³/mol. The molecule has 0 saturated heterocycles.